The fourth-order valence-electron chi connectivity index (χ4n) is 3.88. The van der Waals surface area contributed by atoms with Crippen molar-refractivity contribution < 1.29 is 14.4 Å². The van der Waals surface area contributed by atoms with E-state index in [2.05, 4.69) is 19.2 Å². The number of rotatable bonds is 4. The average Bonchev–Trinajstić information content (AvgIpc) is 3.02. The van der Waals surface area contributed by atoms with E-state index in [1.807, 2.05) is 0 Å². The first-order chi connectivity index (χ1) is 9.94. The van der Waals surface area contributed by atoms with Gasteiger partial charge in [-0.05, 0) is 42.9 Å². The molecule has 0 aromatic carbocycles. The van der Waals surface area contributed by atoms with Crippen molar-refractivity contribution >= 4 is 17.8 Å². The zero-order valence-corrected chi connectivity index (χ0v) is 12.9. The zero-order valence-electron chi connectivity index (χ0n) is 12.9. The Morgan fingerprint density at radius 2 is 1.81 bits per heavy atom. The highest BCUT2D eigenvalue weighted by Gasteiger charge is 2.52. The van der Waals surface area contributed by atoms with Crippen molar-refractivity contribution in [2.24, 2.45) is 23.2 Å². The molecule has 1 aliphatic heterocycles. The second kappa shape index (κ2) is 5.11. The van der Waals surface area contributed by atoms with E-state index in [0.29, 0.717) is 12.5 Å². The van der Waals surface area contributed by atoms with Gasteiger partial charge in [0.2, 0.25) is 11.8 Å². The minimum Gasteiger partial charge on any atom is -0.277 e. The third-order valence-electron chi connectivity index (χ3n) is 5.75. The van der Waals surface area contributed by atoms with Crippen LogP contribution in [0.15, 0.2) is 0 Å². The lowest BCUT2D eigenvalue weighted by Crippen LogP contribution is -2.60. The third kappa shape index (κ3) is 2.47. The van der Waals surface area contributed by atoms with Gasteiger partial charge in [0, 0.05) is 6.54 Å². The minimum atomic E-state index is -0.645. The maximum absolute atomic E-state index is 12.7. The molecule has 4 amide bonds. The van der Waals surface area contributed by atoms with E-state index in [9.17, 15) is 14.4 Å². The highest BCUT2D eigenvalue weighted by Crippen LogP contribution is 2.52. The number of nitrogens with zero attached hydrogens (tertiary/aromatic N) is 1. The molecule has 1 N–H and O–H groups in total. The van der Waals surface area contributed by atoms with Crippen molar-refractivity contribution in [3.05, 3.63) is 0 Å². The van der Waals surface area contributed by atoms with E-state index in [1.165, 1.54) is 4.90 Å². The molecule has 5 nitrogen and oxygen atoms in total. The largest absolute Gasteiger partial charge is 0.330 e. The predicted octanol–water partition coefficient (Wildman–Crippen LogP) is 2.31. The second-order valence-corrected chi connectivity index (χ2v) is 7.26. The van der Waals surface area contributed by atoms with Crippen LogP contribution in [0.2, 0.25) is 0 Å². The highest BCUT2D eigenvalue weighted by molar-refractivity contribution is 6.16. The summed E-state index contributed by atoms with van der Waals surface area (Å²) in [5.74, 6) is -0.735. The second-order valence-electron chi connectivity index (χ2n) is 7.26. The van der Waals surface area contributed by atoms with Gasteiger partial charge in [-0.1, -0.05) is 26.7 Å². The van der Waals surface area contributed by atoms with Gasteiger partial charge in [0.15, 0.2) is 0 Å². The molecule has 3 aliphatic rings. The molecule has 3 fully saturated rings. The van der Waals surface area contributed by atoms with Crippen molar-refractivity contribution in [3.63, 3.8) is 0 Å². The molecule has 1 unspecified atom stereocenters. The first-order valence-electron chi connectivity index (χ1n) is 8.11. The van der Waals surface area contributed by atoms with E-state index < -0.39 is 11.9 Å². The first-order valence-corrected chi connectivity index (χ1v) is 8.11. The molecule has 0 bridgehead atoms. The Labute approximate surface area is 125 Å². The lowest BCUT2D eigenvalue weighted by atomic mass is 9.86. The fourth-order valence-corrected chi connectivity index (χ4v) is 3.88. The van der Waals surface area contributed by atoms with Crippen LogP contribution < -0.4 is 5.32 Å². The standard InChI is InChI=1S/C16H24N2O3/c1-10(2)16(7-8-16)9-18-14(20)12(11-5-3-4-6-11)13(19)17-15(18)21/h10-12H,3-9H2,1-2H3,(H,17,19,21). The molecular weight excluding hydrogens is 268 g/mol. The van der Waals surface area contributed by atoms with Crippen molar-refractivity contribution in [2.45, 2.75) is 52.4 Å². The fraction of sp³-hybridized carbons (Fsp3) is 0.812. The van der Waals surface area contributed by atoms with Crippen LogP contribution in [0.1, 0.15) is 52.4 Å². The number of hydrogen-bond acceptors (Lipinski definition) is 3. The van der Waals surface area contributed by atoms with E-state index in [4.69, 9.17) is 0 Å². The van der Waals surface area contributed by atoms with Crippen LogP contribution in [0.5, 0.6) is 0 Å². The maximum atomic E-state index is 12.7. The number of carbonyl (C=O) groups is 3. The molecule has 0 aromatic heterocycles. The number of urea groups is 1. The van der Waals surface area contributed by atoms with Gasteiger partial charge in [-0.3, -0.25) is 19.8 Å². The molecular formula is C16H24N2O3. The monoisotopic (exact) mass is 292 g/mol. The van der Waals surface area contributed by atoms with Crippen molar-refractivity contribution in [1.82, 2.24) is 10.2 Å². The zero-order chi connectivity index (χ0) is 15.2. The molecule has 3 rings (SSSR count). The summed E-state index contributed by atoms with van der Waals surface area (Å²) in [5, 5.41) is 2.40. The number of barbiturate groups is 1. The van der Waals surface area contributed by atoms with Gasteiger partial charge in [-0.15, -0.1) is 0 Å². The quantitative estimate of drug-likeness (QED) is 0.809. The molecule has 1 saturated heterocycles. The summed E-state index contributed by atoms with van der Waals surface area (Å²) in [6.07, 6.45) is 6.10. The van der Waals surface area contributed by atoms with Gasteiger partial charge in [0.05, 0.1) is 0 Å². The minimum absolute atomic E-state index is 0.0770. The van der Waals surface area contributed by atoms with Crippen molar-refractivity contribution in [3.8, 4) is 0 Å². The van der Waals surface area contributed by atoms with Crippen LogP contribution in [0.3, 0.4) is 0 Å². The van der Waals surface area contributed by atoms with Crippen molar-refractivity contribution in [1.29, 1.82) is 0 Å². The van der Waals surface area contributed by atoms with Crippen molar-refractivity contribution in [2.75, 3.05) is 6.54 Å². The Morgan fingerprint density at radius 3 is 2.33 bits per heavy atom. The predicted molar refractivity (Wildman–Crippen MR) is 77.2 cm³/mol. The number of nitrogens with one attached hydrogen (secondary N) is 1. The summed E-state index contributed by atoms with van der Waals surface area (Å²) in [7, 11) is 0. The van der Waals surface area contributed by atoms with E-state index in [0.717, 1.165) is 38.5 Å². The maximum Gasteiger partial charge on any atom is 0.330 e. The Morgan fingerprint density at radius 1 is 1.19 bits per heavy atom. The third-order valence-corrected chi connectivity index (χ3v) is 5.75. The Bertz CT molecular complexity index is 476. The lowest BCUT2D eigenvalue weighted by Gasteiger charge is -2.35. The van der Waals surface area contributed by atoms with Crippen LogP contribution in [0, 0.1) is 23.2 Å². The van der Waals surface area contributed by atoms with Crippen LogP contribution in [-0.2, 0) is 9.59 Å². The van der Waals surface area contributed by atoms with Gasteiger partial charge in [0.1, 0.15) is 5.92 Å². The number of amides is 4. The molecule has 1 atom stereocenters. The summed E-state index contributed by atoms with van der Waals surface area (Å²) in [4.78, 5) is 38.2. The summed E-state index contributed by atoms with van der Waals surface area (Å²) in [5.41, 5.74) is 0.0770. The summed E-state index contributed by atoms with van der Waals surface area (Å²) < 4.78 is 0. The van der Waals surface area contributed by atoms with Crippen LogP contribution >= 0.6 is 0 Å². The van der Waals surface area contributed by atoms with Gasteiger partial charge >= 0.3 is 6.03 Å². The van der Waals surface area contributed by atoms with E-state index in [-0.39, 0.29) is 23.1 Å². The molecule has 0 radical (unpaired) electrons. The average molecular weight is 292 g/mol. The normalized spacial score (nSPS) is 29.2. The number of imide groups is 2. The van der Waals surface area contributed by atoms with Gasteiger partial charge in [-0.2, -0.15) is 0 Å². The Balaban J connectivity index is 1.78. The number of hydrogen-bond donors (Lipinski definition) is 1. The molecule has 116 valence electrons. The molecule has 1 heterocycles. The Kier molecular flexibility index (Phi) is 3.54. The van der Waals surface area contributed by atoms with Crippen LogP contribution in [0.4, 0.5) is 4.79 Å². The van der Waals surface area contributed by atoms with Crippen LogP contribution in [-0.4, -0.2) is 29.3 Å². The number of carbonyl (C=O) groups excluding carboxylic acids is 3. The van der Waals surface area contributed by atoms with Gasteiger partial charge in [0.25, 0.3) is 0 Å². The van der Waals surface area contributed by atoms with E-state index in [1.54, 1.807) is 0 Å². The van der Waals surface area contributed by atoms with Crippen LogP contribution in [0.25, 0.3) is 0 Å². The SMILES string of the molecule is CC(C)C1(CN2C(=O)NC(=O)C(C3CCCC3)C2=O)CC1. The molecule has 21 heavy (non-hydrogen) atoms. The topological polar surface area (TPSA) is 66.5 Å². The summed E-state index contributed by atoms with van der Waals surface area (Å²) in [6, 6.07) is -0.522. The molecule has 5 heteroatoms. The molecule has 2 aliphatic carbocycles. The van der Waals surface area contributed by atoms with E-state index >= 15 is 0 Å². The summed E-state index contributed by atoms with van der Waals surface area (Å²) >= 11 is 0. The first kappa shape index (κ1) is 14.5. The molecule has 2 saturated carbocycles. The summed E-state index contributed by atoms with van der Waals surface area (Å²) in [6.45, 7) is 4.74. The Hall–Kier alpha value is -1.39. The highest BCUT2D eigenvalue weighted by atomic mass is 16.2. The smallest absolute Gasteiger partial charge is 0.277 e. The van der Waals surface area contributed by atoms with Gasteiger partial charge < -0.3 is 0 Å². The molecule has 0 aromatic rings. The molecule has 0 spiro atoms. The lowest BCUT2D eigenvalue weighted by molar-refractivity contribution is -0.145. The van der Waals surface area contributed by atoms with Gasteiger partial charge in [-0.25, -0.2) is 4.79 Å².